The molecular weight excluding hydrogens is 532 g/mol. The Kier molecular flexibility index (Phi) is 8.36. The molecule has 188 valence electrons. The molecule has 0 aliphatic heterocycles. The van der Waals surface area contributed by atoms with Gasteiger partial charge >= 0.3 is 5.97 Å². The molecule has 37 heavy (non-hydrogen) atoms. The van der Waals surface area contributed by atoms with E-state index in [4.69, 9.17) is 9.47 Å². The molecule has 0 bridgehead atoms. The summed E-state index contributed by atoms with van der Waals surface area (Å²) in [6.07, 6.45) is 1.48. The zero-order valence-corrected chi connectivity index (χ0v) is 22.4. The number of ether oxygens (including phenoxy) is 2. The van der Waals surface area contributed by atoms with Crippen LogP contribution in [0.15, 0.2) is 88.4 Å². The molecule has 0 radical (unpaired) electrons. The van der Waals surface area contributed by atoms with Gasteiger partial charge in [0, 0.05) is 10.0 Å². The van der Waals surface area contributed by atoms with Gasteiger partial charge < -0.3 is 9.47 Å². The van der Waals surface area contributed by atoms with E-state index in [0.29, 0.717) is 22.6 Å². The van der Waals surface area contributed by atoms with Gasteiger partial charge in [-0.15, -0.1) is 0 Å². The predicted molar refractivity (Wildman–Crippen MR) is 150 cm³/mol. The van der Waals surface area contributed by atoms with Crippen LogP contribution in [-0.4, -0.2) is 24.7 Å². The SMILES string of the molecule is Cc1cc(OCC(=O)N/N=C/c2c(OC(=O)c3ccccc3)ccc3ccccc23)c(C(C)C)cc1Br. The fourth-order valence-electron chi connectivity index (χ4n) is 3.82. The van der Waals surface area contributed by atoms with Gasteiger partial charge in [-0.1, -0.05) is 78.3 Å². The molecule has 4 rings (SSSR count). The van der Waals surface area contributed by atoms with Crippen LogP contribution in [0.2, 0.25) is 0 Å². The molecule has 0 saturated carbocycles. The number of aryl methyl sites for hydroxylation is 1. The summed E-state index contributed by atoms with van der Waals surface area (Å²) in [6.45, 7) is 5.92. The summed E-state index contributed by atoms with van der Waals surface area (Å²) >= 11 is 3.55. The van der Waals surface area contributed by atoms with Crippen molar-refractivity contribution in [1.29, 1.82) is 0 Å². The van der Waals surface area contributed by atoms with Crippen molar-refractivity contribution >= 4 is 44.8 Å². The number of halogens is 1. The lowest BCUT2D eigenvalue weighted by molar-refractivity contribution is -0.123. The fourth-order valence-corrected chi connectivity index (χ4v) is 4.18. The lowest BCUT2D eigenvalue weighted by Gasteiger charge is -2.15. The molecule has 0 unspecified atom stereocenters. The quantitative estimate of drug-likeness (QED) is 0.112. The van der Waals surface area contributed by atoms with Gasteiger partial charge in [0.25, 0.3) is 5.91 Å². The molecule has 0 aliphatic carbocycles. The van der Waals surface area contributed by atoms with Crippen molar-refractivity contribution in [3.63, 3.8) is 0 Å². The van der Waals surface area contributed by atoms with Crippen LogP contribution in [0, 0.1) is 6.92 Å². The molecule has 0 atom stereocenters. The largest absolute Gasteiger partial charge is 0.483 e. The second-order valence-electron chi connectivity index (χ2n) is 8.83. The third-order valence-corrected chi connectivity index (χ3v) is 6.65. The van der Waals surface area contributed by atoms with E-state index in [1.807, 2.05) is 55.5 Å². The van der Waals surface area contributed by atoms with Crippen LogP contribution in [0.5, 0.6) is 11.5 Å². The molecule has 0 fully saturated rings. The lowest BCUT2D eigenvalue weighted by Crippen LogP contribution is -2.25. The van der Waals surface area contributed by atoms with E-state index in [9.17, 15) is 9.59 Å². The Labute approximate surface area is 224 Å². The molecule has 1 amide bonds. The molecular formula is C30H27BrN2O4. The summed E-state index contributed by atoms with van der Waals surface area (Å²) < 4.78 is 12.5. The third kappa shape index (κ3) is 6.43. The number of benzene rings is 4. The second kappa shape index (κ2) is 11.8. The Balaban J connectivity index is 1.50. The summed E-state index contributed by atoms with van der Waals surface area (Å²) in [5, 5.41) is 5.91. The number of hydrogen-bond donors (Lipinski definition) is 1. The van der Waals surface area contributed by atoms with E-state index in [-0.39, 0.29) is 12.5 Å². The first kappa shape index (κ1) is 26.1. The molecule has 0 spiro atoms. The van der Waals surface area contributed by atoms with Gasteiger partial charge in [-0.2, -0.15) is 5.10 Å². The highest BCUT2D eigenvalue weighted by Crippen LogP contribution is 2.32. The highest BCUT2D eigenvalue weighted by molar-refractivity contribution is 9.10. The average molecular weight is 559 g/mol. The van der Waals surface area contributed by atoms with Crippen LogP contribution < -0.4 is 14.9 Å². The number of carbonyl (C=O) groups is 2. The van der Waals surface area contributed by atoms with E-state index < -0.39 is 11.9 Å². The van der Waals surface area contributed by atoms with Crippen LogP contribution in [0.25, 0.3) is 10.8 Å². The predicted octanol–water partition coefficient (Wildman–Crippen LogP) is 6.78. The van der Waals surface area contributed by atoms with Crippen LogP contribution in [0.1, 0.15) is 46.8 Å². The van der Waals surface area contributed by atoms with Gasteiger partial charge in [-0.25, -0.2) is 10.2 Å². The number of amides is 1. The fraction of sp³-hybridized carbons (Fsp3) is 0.167. The van der Waals surface area contributed by atoms with E-state index in [1.165, 1.54) is 6.21 Å². The summed E-state index contributed by atoms with van der Waals surface area (Å²) in [7, 11) is 0. The molecule has 0 heterocycles. The van der Waals surface area contributed by atoms with Gasteiger partial charge in [0.2, 0.25) is 0 Å². The monoisotopic (exact) mass is 558 g/mol. The van der Waals surface area contributed by atoms with Crippen LogP contribution >= 0.6 is 15.9 Å². The van der Waals surface area contributed by atoms with E-state index in [2.05, 4.69) is 40.3 Å². The molecule has 0 aliphatic rings. The van der Waals surface area contributed by atoms with Crippen molar-refractivity contribution in [3.8, 4) is 11.5 Å². The van der Waals surface area contributed by atoms with Gasteiger partial charge in [0.1, 0.15) is 11.5 Å². The highest BCUT2D eigenvalue weighted by atomic mass is 79.9. The van der Waals surface area contributed by atoms with Crippen molar-refractivity contribution in [3.05, 3.63) is 106 Å². The summed E-state index contributed by atoms with van der Waals surface area (Å²) in [4.78, 5) is 25.2. The first-order valence-electron chi connectivity index (χ1n) is 11.9. The zero-order chi connectivity index (χ0) is 26.4. The standard InChI is InChI=1S/C30H27BrN2O4/c1-19(2)24-16-26(31)20(3)15-28(24)36-18-29(34)33-32-17-25-23-12-8-7-9-21(23)13-14-27(25)37-30(35)22-10-5-4-6-11-22/h4-17,19H,18H2,1-3H3,(H,33,34)/b32-17+. The number of hydrazone groups is 1. The number of rotatable bonds is 8. The van der Waals surface area contributed by atoms with Gasteiger partial charge in [-0.3, -0.25) is 4.79 Å². The Bertz CT molecular complexity index is 1470. The minimum Gasteiger partial charge on any atom is -0.483 e. The van der Waals surface area contributed by atoms with Crippen LogP contribution in [0.4, 0.5) is 0 Å². The molecule has 7 heteroatoms. The lowest BCUT2D eigenvalue weighted by atomic mass is 10.0. The molecule has 0 aromatic heterocycles. The number of esters is 1. The van der Waals surface area contributed by atoms with Gasteiger partial charge in [0.05, 0.1) is 11.8 Å². The summed E-state index contributed by atoms with van der Waals surface area (Å²) in [5.41, 5.74) is 5.55. The van der Waals surface area contributed by atoms with Crippen molar-refractivity contribution in [2.75, 3.05) is 6.61 Å². The van der Waals surface area contributed by atoms with Crippen molar-refractivity contribution in [2.45, 2.75) is 26.7 Å². The topological polar surface area (TPSA) is 77.0 Å². The molecule has 0 saturated heterocycles. The van der Waals surface area contributed by atoms with E-state index >= 15 is 0 Å². The Hall–Kier alpha value is -3.97. The van der Waals surface area contributed by atoms with Crippen molar-refractivity contribution < 1.29 is 19.1 Å². The Morgan fingerprint density at radius 3 is 2.46 bits per heavy atom. The third-order valence-electron chi connectivity index (χ3n) is 5.80. The summed E-state index contributed by atoms with van der Waals surface area (Å²) in [5.74, 6) is 0.354. The molecule has 4 aromatic rings. The number of nitrogens with zero attached hydrogens (tertiary/aromatic N) is 1. The van der Waals surface area contributed by atoms with Crippen molar-refractivity contribution in [1.82, 2.24) is 5.43 Å². The minimum atomic E-state index is -0.478. The highest BCUT2D eigenvalue weighted by Gasteiger charge is 2.14. The maximum Gasteiger partial charge on any atom is 0.343 e. The first-order chi connectivity index (χ1) is 17.8. The minimum absolute atomic E-state index is 0.191. The smallest absolute Gasteiger partial charge is 0.343 e. The second-order valence-corrected chi connectivity index (χ2v) is 9.68. The van der Waals surface area contributed by atoms with E-state index in [1.54, 1.807) is 30.3 Å². The van der Waals surface area contributed by atoms with E-state index in [0.717, 1.165) is 26.4 Å². The molecule has 1 N–H and O–H groups in total. The molecule has 4 aromatic carbocycles. The zero-order valence-electron chi connectivity index (χ0n) is 20.8. The van der Waals surface area contributed by atoms with Gasteiger partial charge in [-0.05, 0) is 65.1 Å². The van der Waals surface area contributed by atoms with Crippen LogP contribution in [0.3, 0.4) is 0 Å². The maximum atomic E-state index is 12.7. The molecule has 6 nitrogen and oxygen atoms in total. The van der Waals surface area contributed by atoms with Crippen molar-refractivity contribution in [2.24, 2.45) is 5.10 Å². The number of nitrogens with one attached hydrogen (secondary N) is 1. The first-order valence-corrected chi connectivity index (χ1v) is 12.7. The van der Waals surface area contributed by atoms with Crippen LogP contribution in [-0.2, 0) is 4.79 Å². The Morgan fingerprint density at radius 1 is 0.973 bits per heavy atom. The van der Waals surface area contributed by atoms with Gasteiger partial charge in [0.15, 0.2) is 6.61 Å². The Morgan fingerprint density at radius 2 is 1.70 bits per heavy atom. The number of hydrogen-bond acceptors (Lipinski definition) is 5. The normalized spacial score (nSPS) is 11.2. The summed E-state index contributed by atoms with van der Waals surface area (Å²) in [6, 6.07) is 24.0. The maximum absolute atomic E-state index is 12.7. The average Bonchev–Trinajstić information content (AvgIpc) is 2.90. The number of carbonyl (C=O) groups excluding carboxylic acids is 2. The number of fused-ring (bicyclic) bond motifs is 1.